The first-order chi connectivity index (χ1) is 9.57. The Morgan fingerprint density at radius 1 is 1.05 bits per heavy atom. The molecule has 0 saturated heterocycles. The van der Waals surface area contributed by atoms with Gasteiger partial charge in [0, 0.05) is 6.20 Å². The lowest BCUT2D eigenvalue weighted by molar-refractivity contribution is -0.00535. The third-order valence-electron chi connectivity index (χ3n) is 6.20. The summed E-state index contributed by atoms with van der Waals surface area (Å²) in [4.78, 5) is 4.37. The zero-order valence-electron chi connectivity index (χ0n) is 12.7. The Bertz CT molecular complexity index is 497. The van der Waals surface area contributed by atoms with E-state index in [-0.39, 0.29) is 0 Å². The molecule has 2 N–H and O–H groups in total. The van der Waals surface area contributed by atoms with E-state index in [1.807, 2.05) is 6.20 Å². The molecule has 108 valence electrons. The van der Waals surface area contributed by atoms with E-state index in [1.54, 1.807) is 0 Å². The number of rotatable bonds is 2. The van der Waals surface area contributed by atoms with E-state index in [0.29, 0.717) is 11.3 Å². The fraction of sp³-hybridized carbons (Fsp3) is 0.722. The van der Waals surface area contributed by atoms with Gasteiger partial charge in [-0.15, -0.1) is 0 Å². The van der Waals surface area contributed by atoms with Gasteiger partial charge in [-0.2, -0.15) is 0 Å². The molecule has 0 unspecified atom stereocenters. The lowest BCUT2D eigenvalue weighted by Crippen LogP contribution is -2.49. The van der Waals surface area contributed by atoms with Gasteiger partial charge < -0.3 is 5.73 Å². The molecule has 4 aliphatic rings. The minimum atomic E-state index is 0.390. The maximum absolute atomic E-state index is 6.42. The molecule has 20 heavy (non-hydrogen) atoms. The molecule has 1 heterocycles. The predicted molar refractivity (Wildman–Crippen MR) is 82.6 cm³/mol. The summed E-state index contributed by atoms with van der Waals surface area (Å²) in [7, 11) is 0. The highest BCUT2D eigenvalue weighted by Crippen LogP contribution is 2.62. The maximum Gasteiger partial charge on any atom is 0.0541 e. The van der Waals surface area contributed by atoms with Crippen LogP contribution in [0.3, 0.4) is 0 Å². The Morgan fingerprint density at radius 3 is 2.10 bits per heavy atom. The van der Waals surface area contributed by atoms with E-state index in [2.05, 4.69) is 25.0 Å². The van der Waals surface area contributed by atoms with E-state index in [0.717, 1.165) is 23.4 Å². The number of nitrogens with zero attached hydrogens (tertiary/aromatic N) is 1. The molecule has 0 aromatic carbocycles. The second-order valence-electron chi connectivity index (χ2n) is 8.05. The summed E-state index contributed by atoms with van der Waals surface area (Å²) in [5.41, 5.74) is 10.7. The Labute approximate surface area is 122 Å². The first-order valence-corrected chi connectivity index (χ1v) is 8.31. The van der Waals surface area contributed by atoms with Gasteiger partial charge in [0.25, 0.3) is 0 Å². The molecule has 0 radical (unpaired) electrons. The van der Waals surface area contributed by atoms with Crippen LogP contribution < -0.4 is 5.73 Å². The fourth-order valence-electron chi connectivity index (χ4n) is 5.96. The quantitative estimate of drug-likeness (QED) is 0.872. The fourth-order valence-corrected chi connectivity index (χ4v) is 5.96. The van der Waals surface area contributed by atoms with Gasteiger partial charge in [-0.05, 0) is 78.7 Å². The van der Waals surface area contributed by atoms with Crippen LogP contribution in [0.15, 0.2) is 12.4 Å². The Morgan fingerprint density at radius 2 is 1.60 bits per heavy atom. The van der Waals surface area contributed by atoms with Gasteiger partial charge in [0.1, 0.15) is 0 Å². The summed E-state index contributed by atoms with van der Waals surface area (Å²) in [5.74, 6) is 3.42. The number of anilines is 1. The van der Waals surface area contributed by atoms with Crippen molar-refractivity contribution in [2.75, 3.05) is 5.73 Å². The van der Waals surface area contributed by atoms with E-state index in [1.165, 1.54) is 49.7 Å². The van der Waals surface area contributed by atoms with Crippen molar-refractivity contribution in [3.63, 3.8) is 0 Å². The number of hydrogen-bond donors (Lipinski definition) is 1. The van der Waals surface area contributed by atoms with Gasteiger partial charge in [-0.25, -0.2) is 0 Å². The van der Waals surface area contributed by atoms with Gasteiger partial charge in [0.15, 0.2) is 0 Å². The summed E-state index contributed by atoms with van der Waals surface area (Å²) >= 11 is 0. The summed E-state index contributed by atoms with van der Waals surface area (Å²) in [6.07, 6.45) is 12.6. The van der Waals surface area contributed by atoms with Crippen molar-refractivity contribution in [2.45, 2.75) is 63.7 Å². The summed E-state index contributed by atoms with van der Waals surface area (Å²) in [5, 5.41) is 0. The standard InChI is InChI=1S/C18H26N2/c1-11(2)15-9-20-10-16(19)17(15)18-6-12-3-13(7-18)5-14(4-12)8-18/h9-14H,3-8,19H2,1-2H3. The van der Waals surface area contributed by atoms with Crippen LogP contribution in [0.1, 0.15) is 69.4 Å². The summed E-state index contributed by atoms with van der Waals surface area (Å²) in [6, 6.07) is 0. The molecule has 0 atom stereocenters. The lowest BCUT2D eigenvalue weighted by Gasteiger charge is -2.57. The normalized spacial score (nSPS) is 38.6. The van der Waals surface area contributed by atoms with Crippen LogP contribution in [0.4, 0.5) is 5.69 Å². The third kappa shape index (κ3) is 1.73. The molecule has 0 spiro atoms. The molecule has 5 rings (SSSR count). The second kappa shape index (κ2) is 4.22. The SMILES string of the molecule is CC(C)c1cncc(N)c1C12CC3CC(CC(C3)C1)C2. The van der Waals surface area contributed by atoms with E-state index in [4.69, 9.17) is 5.73 Å². The van der Waals surface area contributed by atoms with Crippen molar-refractivity contribution < 1.29 is 0 Å². The lowest BCUT2D eigenvalue weighted by atomic mass is 9.47. The Balaban J connectivity index is 1.85. The van der Waals surface area contributed by atoms with Gasteiger partial charge in [0.05, 0.1) is 11.9 Å². The molecule has 4 saturated carbocycles. The van der Waals surface area contributed by atoms with Crippen molar-refractivity contribution in [3.05, 3.63) is 23.5 Å². The Hall–Kier alpha value is -1.05. The van der Waals surface area contributed by atoms with Gasteiger partial charge in [-0.1, -0.05) is 13.8 Å². The van der Waals surface area contributed by atoms with Crippen molar-refractivity contribution in [2.24, 2.45) is 17.8 Å². The number of aromatic nitrogens is 1. The molecular weight excluding hydrogens is 244 g/mol. The third-order valence-corrected chi connectivity index (χ3v) is 6.20. The van der Waals surface area contributed by atoms with Crippen molar-refractivity contribution >= 4 is 5.69 Å². The predicted octanol–water partition coefficient (Wildman–Crippen LogP) is 4.26. The molecular formula is C18H26N2. The number of hydrogen-bond acceptors (Lipinski definition) is 2. The van der Waals surface area contributed by atoms with E-state index < -0.39 is 0 Å². The average Bonchev–Trinajstić information content (AvgIpc) is 2.36. The average molecular weight is 270 g/mol. The van der Waals surface area contributed by atoms with Gasteiger partial charge in [-0.3, -0.25) is 4.98 Å². The van der Waals surface area contributed by atoms with Crippen LogP contribution >= 0.6 is 0 Å². The minimum Gasteiger partial charge on any atom is -0.397 e. The van der Waals surface area contributed by atoms with Crippen LogP contribution in [-0.4, -0.2) is 4.98 Å². The maximum atomic E-state index is 6.42. The molecule has 1 aromatic rings. The van der Waals surface area contributed by atoms with Crippen LogP contribution in [0.5, 0.6) is 0 Å². The molecule has 2 nitrogen and oxygen atoms in total. The molecule has 2 heteroatoms. The molecule has 4 fully saturated rings. The summed E-state index contributed by atoms with van der Waals surface area (Å²) < 4.78 is 0. The smallest absolute Gasteiger partial charge is 0.0541 e. The van der Waals surface area contributed by atoms with Gasteiger partial charge >= 0.3 is 0 Å². The molecule has 0 amide bonds. The highest BCUT2D eigenvalue weighted by atomic mass is 14.7. The zero-order chi connectivity index (χ0) is 13.9. The first kappa shape index (κ1) is 12.7. The topological polar surface area (TPSA) is 38.9 Å². The van der Waals surface area contributed by atoms with Crippen molar-refractivity contribution in [1.82, 2.24) is 4.98 Å². The highest BCUT2D eigenvalue weighted by molar-refractivity contribution is 5.54. The highest BCUT2D eigenvalue weighted by Gasteiger charge is 2.52. The van der Waals surface area contributed by atoms with Crippen molar-refractivity contribution in [3.8, 4) is 0 Å². The van der Waals surface area contributed by atoms with Crippen LogP contribution in [0.25, 0.3) is 0 Å². The van der Waals surface area contributed by atoms with Crippen LogP contribution in [-0.2, 0) is 5.41 Å². The summed E-state index contributed by atoms with van der Waals surface area (Å²) in [6.45, 7) is 4.56. The Kier molecular flexibility index (Phi) is 2.68. The second-order valence-corrected chi connectivity index (χ2v) is 8.05. The zero-order valence-corrected chi connectivity index (χ0v) is 12.7. The molecule has 1 aromatic heterocycles. The monoisotopic (exact) mass is 270 g/mol. The molecule has 4 bridgehead atoms. The van der Waals surface area contributed by atoms with Crippen molar-refractivity contribution in [1.29, 1.82) is 0 Å². The molecule has 0 aliphatic heterocycles. The van der Waals surface area contributed by atoms with E-state index in [9.17, 15) is 0 Å². The molecule has 4 aliphatic carbocycles. The van der Waals surface area contributed by atoms with Crippen LogP contribution in [0, 0.1) is 17.8 Å². The van der Waals surface area contributed by atoms with Crippen LogP contribution in [0.2, 0.25) is 0 Å². The first-order valence-electron chi connectivity index (χ1n) is 8.31. The van der Waals surface area contributed by atoms with E-state index >= 15 is 0 Å². The largest absolute Gasteiger partial charge is 0.397 e. The number of nitrogens with two attached hydrogens (primary N) is 1. The minimum absolute atomic E-state index is 0.390. The van der Waals surface area contributed by atoms with Gasteiger partial charge in [0.2, 0.25) is 0 Å². The number of pyridine rings is 1. The number of nitrogen functional groups attached to an aromatic ring is 1.